The van der Waals surface area contributed by atoms with E-state index in [1.165, 1.54) is 0 Å². The van der Waals surface area contributed by atoms with Crippen LogP contribution in [-0.2, 0) is 6.54 Å². The van der Waals surface area contributed by atoms with Gasteiger partial charge in [0.1, 0.15) is 5.75 Å². The van der Waals surface area contributed by atoms with Gasteiger partial charge in [0.25, 0.3) is 5.91 Å². The van der Waals surface area contributed by atoms with E-state index < -0.39 is 0 Å². The number of nitrogens with zero attached hydrogens (tertiary/aromatic N) is 4. The standard InChI is InChI=1S/C21H25N5O2/c1-2-28-18-8-4-3-6-16(18)21(27)25-12-9-15(14-25)19-17-7-5-11-23-20(17)26(24-19)13-10-22/h3-8,11,15H,2,9-10,12-14,22H2,1H3/t15-/m1/s1. The summed E-state index contributed by atoms with van der Waals surface area (Å²) in [5.41, 5.74) is 8.20. The Labute approximate surface area is 164 Å². The van der Waals surface area contributed by atoms with Crippen LogP contribution in [0.3, 0.4) is 0 Å². The number of ether oxygens (including phenoxy) is 1. The molecule has 0 radical (unpaired) electrons. The highest BCUT2D eigenvalue weighted by atomic mass is 16.5. The zero-order valence-corrected chi connectivity index (χ0v) is 16.0. The molecule has 1 aliphatic rings. The Balaban J connectivity index is 1.58. The Kier molecular flexibility index (Phi) is 5.25. The van der Waals surface area contributed by atoms with Crippen molar-refractivity contribution in [2.24, 2.45) is 5.73 Å². The van der Waals surface area contributed by atoms with Crippen LogP contribution in [0.25, 0.3) is 11.0 Å². The Hall–Kier alpha value is -2.93. The highest BCUT2D eigenvalue weighted by molar-refractivity contribution is 5.97. The van der Waals surface area contributed by atoms with Crippen LogP contribution < -0.4 is 10.5 Å². The van der Waals surface area contributed by atoms with Crippen molar-refractivity contribution >= 4 is 16.9 Å². The monoisotopic (exact) mass is 379 g/mol. The van der Waals surface area contributed by atoms with E-state index in [0.29, 0.717) is 44.1 Å². The predicted molar refractivity (Wildman–Crippen MR) is 107 cm³/mol. The van der Waals surface area contributed by atoms with Gasteiger partial charge in [-0.05, 0) is 37.6 Å². The molecule has 28 heavy (non-hydrogen) atoms. The highest BCUT2D eigenvalue weighted by Gasteiger charge is 2.32. The third-order valence-electron chi connectivity index (χ3n) is 5.16. The number of likely N-dealkylation sites (tertiary alicyclic amines) is 1. The third-order valence-corrected chi connectivity index (χ3v) is 5.16. The molecule has 0 bridgehead atoms. The number of fused-ring (bicyclic) bond motifs is 1. The lowest BCUT2D eigenvalue weighted by Gasteiger charge is -2.18. The predicted octanol–water partition coefficient (Wildman–Crippen LogP) is 2.42. The van der Waals surface area contributed by atoms with Gasteiger partial charge in [0, 0.05) is 37.1 Å². The normalized spacial score (nSPS) is 16.6. The van der Waals surface area contributed by atoms with Crippen molar-refractivity contribution in [2.75, 3.05) is 26.2 Å². The van der Waals surface area contributed by atoms with Crippen LogP contribution in [0.5, 0.6) is 5.75 Å². The number of amides is 1. The van der Waals surface area contributed by atoms with Crippen molar-refractivity contribution in [2.45, 2.75) is 25.8 Å². The molecule has 0 saturated carbocycles. The molecule has 3 aromatic rings. The summed E-state index contributed by atoms with van der Waals surface area (Å²) in [5, 5.41) is 5.83. The van der Waals surface area contributed by atoms with Gasteiger partial charge in [-0.1, -0.05) is 12.1 Å². The zero-order chi connectivity index (χ0) is 19.5. The van der Waals surface area contributed by atoms with Gasteiger partial charge in [0.2, 0.25) is 0 Å². The minimum atomic E-state index is 0.00960. The zero-order valence-electron chi connectivity index (χ0n) is 16.0. The second kappa shape index (κ2) is 7.98. The Bertz CT molecular complexity index is 984. The van der Waals surface area contributed by atoms with Crippen LogP contribution in [0.2, 0.25) is 0 Å². The first-order valence-electron chi connectivity index (χ1n) is 9.75. The summed E-state index contributed by atoms with van der Waals surface area (Å²) in [6.07, 6.45) is 2.65. The molecule has 1 fully saturated rings. The fourth-order valence-corrected chi connectivity index (χ4v) is 3.88. The molecule has 1 aliphatic heterocycles. The van der Waals surface area contributed by atoms with Crippen molar-refractivity contribution in [3.05, 3.63) is 53.9 Å². The van der Waals surface area contributed by atoms with E-state index in [0.717, 1.165) is 23.1 Å². The number of para-hydroxylation sites is 1. The molecule has 1 aromatic carbocycles. The second-order valence-electron chi connectivity index (χ2n) is 6.94. The van der Waals surface area contributed by atoms with Gasteiger partial charge in [-0.15, -0.1) is 0 Å². The second-order valence-corrected chi connectivity index (χ2v) is 6.94. The average Bonchev–Trinajstić information content (AvgIpc) is 3.34. The molecule has 0 aliphatic carbocycles. The molecule has 4 rings (SSSR count). The smallest absolute Gasteiger partial charge is 0.257 e. The number of carbonyl (C=O) groups is 1. The minimum absolute atomic E-state index is 0.00960. The number of rotatable bonds is 6. The molecular formula is C21H25N5O2. The summed E-state index contributed by atoms with van der Waals surface area (Å²) >= 11 is 0. The van der Waals surface area contributed by atoms with Crippen LogP contribution in [0.4, 0.5) is 0 Å². The van der Waals surface area contributed by atoms with E-state index in [4.69, 9.17) is 15.6 Å². The van der Waals surface area contributed by atoms with Gasteiger partial charge >= 0.3 is 0 Å². The first kappa shape index (κ1) is 18.4. The van der Waals surface area contributed by atoms with E-state index in [2.05, 4.69) is 4.98 Å². The van der Waals surface area contributed by atoms with E-state index in [9.17, 15) is 4.79 Å². The topological polar surface area (TPSA) is 86.3 Å². The molecule has 0 unspecified atom stereocenters. The van der Waals surface area contributed by atoms with Gasteiger partial charge in [0.05, 0.1) is 24.4 Å². The van der Waals surface area contributed by atoms with Crippen molar-refractivity contribution in [1.82, 2.24) is 19.7 Å². The Morgan fingerprint density at radius 1 is 1.29 bits per heavy atom. The Morgan fingerprint density at radius 2 is 2.14 bits per heavy atom. The minimum Gasteiger partial charge on any atom is -0.493 e. The largest absolute Gasteiger partial charge is 0.493 e. The molecule has 1 atom stereocenters. The third kappa shape index (κ3) is 3.33. The summed E-state index contributed by atoms with van der Waals surface area (Å²) in [4.78, 5) is 19.5. The number of hydrogen-bond donors (Lipinski definition) is 1. The average molecular weight is 379 g/mol. The first-order chi connectivity index (χ1) is 13.7. The summed E-state index contributed by atoms with van der Waals surface area (Å²) < 4.78 is 7.51. The van der Waals surface area contributed by atoms with E-state index >= 15 is 0 Å². The SMILES string of the molecule is CCOc1ccccc1C(=O)N1CC[C@@H](c2nn(CCN)c3ncccc23)C1. The van der Waals surface area contributed by atoms with Gasteiger partial charge < -0.3 is 15.4 Å². The van der Waals surface area contributed by atoms with Crippen molar-refractivity contribution in [1.29, 1.82) is 0 Å². The maximum Gasteiger partial charge on any atom is 0.257 e. The van der Waals surface area contributed by atoms with Crippen LogP contribution in [0.1, 0.15) is 35.3 Å². The summed E-state index contributed by atoms with van der Waals surface area (Å²) in [6, 6.07) is 11.4. The number of carbonyl (C=O) groups excluding carboxylic acids is 1. The fraction of sp³-hybridized carbons (Fsp3) is 0.381. The lowest BCUT2D eigenvalue weighted by Crippen LogP contribution is -2.29. The molecule has 7 heteroatoms. The molecule has 0 spiro atoms. The van der Waals surface area contributed by atoms with E-state index in [1.807, 2.05) is 52.9 Å². The van der Waals surface area contributed by atoms with Crippen LogP contribution in [0.15, 0.2) is 42.6 Å². The molecule has 3 heterocycles. The maximum absolute atomic E-state index is 13.1. The lowest BCUT2D eigenvalue weighted by atomic mass is 10.0. The van der Waals surface area contributed by atoms with E-state index in [-0.39, 0.29) is 11.8 Å². The number of hydrogen-bond acceptors (Lipinski definition) is 5. The number of pyridine rings is 1. The summed E-state index contributed by atoms with van der Waals surface area (Å²) in [7, 11) is 0. The fourth-order valence-electron chi connectivity index (χ4n) is 3.88. The van der Waals surface area contributed by atoms with Gasteiger partial charge in [-0.3, -0.25) is 4.79 Å². The number of benzene rings is 1. The molecule has 2 N–H and O–H groups in total. The Morgan fingerprint density at radius 3 is 2.96 bits per heavy atom. The number of nitrogens with two attached hydrogens (primary N) is 1. The summed E-state index contributed by atoms with van der Waals surface area (Å²) in [6.45, 7) is 4.94. The van der Waals surface area contributed by atoms with Crippen molar-refractivity contribution < 1.29 is 9.53 Å². The maximum atomic E-state index is 13.1. The molecular weight excluding hydrogens is 354 g/mol. The van der Waals surface area contributed by atoms with Gasteiger partial charge in [-0.25, -0.2) is 9.67 Å². The van der Waals surface area contributed by atoms with Gasteiger partial charge in [0.15, 0.2) is 5.65 Å². The van der Waals surface area contributed by atoms with Crippen molar-refractivity contribution in [3.63, 3.8) is 0 Å². The lowest BCUT2D eigenvalue weighted by molar-refractivity contribution is 0.0786. The highest BCUT2D eigenvalue weighted by Crippen LogP contribution is 2.32. The molecule has 1 amide bonds. The first-order valence-corrected chi connectivity index (χ1v) is 9.75. The van der Waals surface area contributed by atoms with Crippen molar-refractivity contribution in [3.8, 4) is 5.75 Å². The molecule has 2 aromatic heterocycles. The molecule has 1 saturated heterocycles. The van der Waals surface area contributed by atoms with E-state index in [1.54, 1.807) is 6.20 Å². The number of aromatic nitrogens is 3. The summed E-state index contributed by atoms with van der Waals surface area (Å²) in [5.74, 6) is 0.838. The van der Waals surface area contributed by atoms with Crippen LogP contribution >= 0.6 is 0 Å². The van der Waals surface area contributed by atoms with Gasteiger partial charge in [-0.2, -0.15) is 5.10 Å². The molecule has 146 valence electrons. The van der Waals surface area contributed by atoms with Crippen LogP contribution in [0, 0.1) is 0 Å². The quantitative estimate of drug-likeness (QED) is 0.711. The molecule has 7 nitrogen and oxygen atoms in total. The van der Waals surface area contributed by atoms with Crippen LogP contribution in [-0.4, -0.2) is 51.8 Å².